The molecule has 1 fully saturated rings. The second-order valence-corrected chi connectivity index (χ2v) is 6.48. The van der Waals surface area contributed by atoms with Gasteiger partial charge >= 0.3 is 0 Å². The van der Waals surface area contributed by atoms with E-state index < -0.39 is 0 Å². The molecule has 0 spiro atoms. The molecule has 1 heterocycles. The summed E-state index contributed by atoms with van der Waals surface area (Å²) in [5.41, 5.74) is 3.37. The Labute approximate surface area is 153 Å². The van der Waals surface area contributed by atoms with Crippen molar-refractivity contribution in [3.05, 3.63) is 71.6 Å². The number of pyridine rings is 1. The summed E-state index contributed by atoms with van der Waals surface area (Å²) in [5.74, 6) is -0.256. The van der Waals surface area contributed by atoms with Crippen LogP contribution in [0.15, 0.2) is 60.4 Å². The van der Waals surface area contributed by atoms with Crippen molar-refractivity contribution in [1.29, 1.82) is 0 Å². The van der Waals surface area contributed by atoms with Crippen LogP contribution in [-0.2, 0) is 11.3 Å². The van der Waals surface area contributed by atoms with E-state index >= 15 is 0 Å². The smallest absolute Gasteiger partial charge is 0.257 e. The molecule has 2 amide bonds. The van der Waals surface area contributed by atoms with E-state index in [9.17, 15) is 9.59 Å². The normalized spacial score (nSPS) is 13.8. The molecule has 5 heteroatoms. The van der Waals surface area contributed by atoms with Crippen molar-refractivity contribution in [3.63, 3.8) is 0 Å². The predicted octanol–water partition coefficient (Wildman–Crippen LogP) is 3.84. The third-order valence-corrected chi connectivity index (χ3v) is 4.41. The molecule has 1 saturated carbocycles. The van der Waals surface area contributed by atoms with Gasteiger partial charge in [0.2, 0.25) is 5.91 Å². The first kappa shape index (κ1) is 17.9. The van der Waals surface area contributed by atoms with Crippen LogP contribution in [-0.4, -0.2) is 16.8 Å². The zero-order chi connectivity index (χ0) is 18.2. The third-order valence-electron chi connectivity index (χ3n) is 4.41. The van der Waals surface area contributed by atoms with Crippen molar-refractivity contribution in [2.45, 2.75) is 38.6 Å². The fourth-order valence-electron chi connectivity index (χ4n) is 3.04. The fourth-order valence-corrected chi connectivity index (χ4v) is 3.04. The number of nitrogens with one attached hydrogen (secondary N) is 2. The van der Waals surface area contributed by atoms with E-state index in [1.54, 1.807) is 24.4 Å². The van der Waals surface area contributed by atoms with Crippen LogP contribution >= 0.6 is 0 Å². The lowest BCUT2D eigenvalue weighted by molar-refractivity contribution is -0.116. The third kappa shape index (κ3) is 5.28. The Hall–Kier alpha value is -2.95. The summed E-state index contributed by atoms with van der Waals surface area (Å²) in [6.07, 6.45) is 10.6. The SMILES string of the molecule is O=C(C=C1CCCCC1)NCc1cccc(NC(=O)c2cccnc2)c1. The molecule has 0 saturated heterocycles. The molecule has 0 radical (unpaired) electrons. The number of hydrogen-bond acceptors (Lipinski definition) is 3. The Morgan fingerprint density at radius 1 is 1.08 bits per heavy atom. The molecule has 1 aliphatic rings. The van der Waals surface area contributed by atoms with Crippen molar-refractivity contribution < 1.29 is 9.59 Å². The monoisotopic (exact) mass is 349 g/mol. The van der Waals surface area contributed by atoms with Crippen LogP contribution in [0.25, 0.3) is 0 Å². The average molecular weight is 349 g/mol. The van der Waals surface area contributed by atoms with Crippen LogP contribution in [0, 0.1) is 0 Å². The van der Waals surface area contributed by atoms with Crippen LogP contribution in [0.3, 0.4) is 0 Å². The minimum absolute atomic E-state index is 0.0494. The summed E-state index contributed by atoms with van der Waals surface area (Å²) in [7, 11) is 0. The molecule has 3 rings (SSSR count). The summed E-state index contributed by atoms with van der Waals surface area (Å²) in [5, 5.41) is 5.77. The van der Waals surface area contributed by atoms with E-state index in [1.165, 1.54) is 31.0 Å². The van der Waals surface area contributed by atoms with Gasteiger partial charge in [0.1, 0.15) is 0 Å². The van der Waals surface area contributed by atoms with Gasteiger partial charge < -0.3 is 10.6 Å². The van der Waals surface area contributed by atoms with Gasteiger partial charge in [-0.25, -0.2) is 0 Å². The Morgan fingerprint density at radius 3 is 2.69 bits per heavy atom. The first-order valence-electron chi connectivity index (χ1n) is 8.98. The first-order chi connectivity index (χ1) is 12.7. The van der Waals surface area contributed by atoms with Gasteiger partial charge in [0.25, 0.3) is 5.91 Å². The first-order valence-corrected chi connectivity index (χ1v) is 8.98. The Bertz CT molecular complexity index is 792. The number of aromatic nitrogens is 1. The molecular formula is C21H23N3O2. The number of amides is 2. The summed E-state index contributed by atoms with van der Waals surface area (Å²) >= 11 is 0. The molecule has 2 aromatic rings. The summed E-state index contributed by atoms with van der Waals surface area (Å²) < 4.78 is 0. The maximum absolute atomic E-state index is 12.2. The van der Waals surface area contributed by atoms with Gasteiger partial charge in [0, 0.05) is 30.7 Å². The van der Waals surface area contributed by atoms with Gasteiger partial charge in [0.05, 0.1) is 5.56 Å². The predicted molar refractivity (Wildman–Crippen MR) is 102 cm³/mol. The van der Waals surface area contributed by atoms with Crippen molar-refractivity contribution in [3.8, 4) is 0 Å². The van der Waals surface area contributed by atoms with E-state index in [2.05, 4.69) is 15.6 Å². The topological polar surface area (TPSA) is 71.1 Å². The van der Waals surface area contributed by atoms with Crippen molar-refractivity contribution in [2.75, 3.05) is 5.32 Å². The second-order valence-electron chi connectivity index (χ2n) is 6.48. The number of hydrogen-bond donors (Lipinski definition) is 2. The Balaban J connectivity index is 1.55. The quantitative estimate of drug-likeness (QED) is 0.806. The number of benzene rings is 1. The molecule has 5 nitrogen and oxygen atoms in total. The van der Waals surface area contributed by atoms with E-state index in [0.29, 0.717) is 17.8 Å². The molecular weight excluding hydrogens is 326 g/mol. The molecule has 0 atom stereocenters. The van der Waals surface area contributed by atoms with E-state index in [-0.39, 0.29) is 11.8 Å². The standard InChI is InChI=1S/C21H23N3O2/c25-20(13-16-6-2-1-3-7-16)23-14-17-8-4-10-19(12-17)24-21(26)18-9-5-11-22-15-18/h4-5,8-13,15H,1-3,6-7,14H2,(H,23,25)(H,24,26). The van der Waals surface area contributed by atoms with E-state index in [0.717, 1.165) is 18.4 Å². The molecule has 1 aromatic heterocycles. The summed E-state index contributed by atoms with van der Waals surface area (Å²) in [6, 6.07) is 10.9. The molecule has 2 N–H and O–H groups in total. The lowest BCUT2D eigenvalue weighted by Gasteiger charge is -2.13. The van der Waals surface area contributed by atoms with E-state index in [4.69, 9.17) is 0 Å². The van der Waals surface area contributed by atoms with E-state index in [1.807, 2.05) is 24.3 Å². The highest BCUT2D eigenvalue weighted by atomic mass is 16.2. The number of carbonyl (C=O) groups excluding carboxylic acids is 2. The molecule has 26 heavy (non-hydrogen) atoms. The minimum Gasteiger partial charge on any atom is -0.348 e. The van der Waals surface area contributed by atoms with Gasteiger partial charge in [-0.1, -0.05) is 24.1 Å². The maximum atomic E-state index is 12.2. The van der Waals surface area contributed by atoms with Gasteiger partial charge in [-0.15, -0.1) is 0 Å². The van der Waals surface area contributed by atoms with Crippen LogP contribution in [0.5, 0.6) is 0 Å². The highest BCUT2D eigenvalue weighted by Gasteiger charge is 2.08. The van der Waals surface area contributed by atoms with Crippen LogP contribution in [0.1, 0.15) is 48.0 Å². The van der Waals surface area contributed by atoms with Crippen LogP contribution in [0.2, 0.25) is 0 Å². The fraction of sp³-hybridized carbons (Fsp3) is 0.286. The average Bonchev–Trinajstić information content (AvgIpc) is 2.68. The highest BCUT2D eigenvalue weighted by molar-refractivity contribution is 6.04. The molecule has 0 unspecified atom stereocenters. The number of carbonyl (C=O) groups is 2. The molecule has 1 aliphatic carbocycles. The van der Waals surface area contributed by atoms with Crippen molar-refractivity contribution in [2.24, 2.45) is 0 Å². The van der Waals surface area contributed by atoms with Gasteiger partial charge in [-0.3, -0.25) is 14.6 Å². The van der Waals surface area contributed by atoms with Crippen molar-refractivity contribution in [1.82, 2.24) is 10.3 Å². The van der Waals surface area contributed by atoms with Gasteiger partial charge in [-0.2, -0.15) is 0 Å². The number of allylic oxidation sites excluding steroid dienone is 1. The van der Waals surface area contributed by atoms with Crippen molar-refractivity contribution >= 4 is 17.5 Å². The number of nitrogens with zero attached hydrogens (tertiary/aromatic N) is 1. The molecule has 1 aromatic carbocycles. The number of anilines is 1. The second kappa shape index (κ2) is 8.94. The lowest BCUT2D eigenvalue weighted by atomic mass is 9.94. The number of rotatable bonds is 5. The molecule has 0 aliphatic heterocycles. The zero-order valence-corrected chi connectivity index (χ0v) is 14.7. The minimum atomic E-state index is -0.207. The molecule has 134 valence electrons. The highest BCUT2D eigenvalue weighted by Crippen LogP contribution is 2.22. The Kier molecular flexibility index (Phi) is 6.14. The largest absolute Gasteiger partial charge is 0.348 e. The molecule has 0 bridgehead atoms. The lowest BCUT2D eigenvalue weighted by Crippen LogP contribution is -2.21. The summed E-state index contributed by atoms with van der Waals surface area (Å²) in [4.78, 5) is 28.2. The maximum Gasteiger partial charge on any atom is 0.257 e. The zero-order valence-electron chi connectivity index (χ0n) is 14.7. The van der Waals surface area contributed by atoms with Crippen LogP contribution < -0.4 is 10.6 Å². The van der Waals surface area contributed by atoms with Gasteiger partial charge in [0.15, 0.2) is 0 Å². The Morgan fingerprint density at radius 2 is 1.92 bits per heavy atom. The van der Waals surface area contributed by atoms with Crippen LogP contribution in [0.4, 0.5) is 5.69 Å². The van der Waals surface area contributed by atoms with Gasteiger partial charge in [-0.05, 0) is 55.5 Å². The summed E-state index contributed by atoms with van der Waals surface area (Å²) in [6.45, 7) is 0.430.